The minimum atomic E-state index is 0.650. The molecular weight excluding hydrogens is 270 g/mol. The average molecular weight is 290 g/mol. The van der Waals surface area contributed by atoms with E-state index in [0.717, 1.165) is 23.7 Å². The molecule has 0 fully saturated rings. The van der Waals surface area contributed by atoms with Gasteiger partial charge in [-0.1, -0.05) is 48.0 Å². The predicted octanol–water partition coefficient (Wildman–Crippen LogP) is 4.08. The molecule has 106 valence electrons. The Hall–Kier alpha value is -1.35. The molecule has 1 N–H and O–H groups in total. The van der Waals surface area contributed by atoms with E-state index in [1.54, 1.807) is 7.11 Å². The van der Waals surface area contributed by atoms with Crippen molar-refractivity contribution in [3.05, 3.63) is 69.7 Å². The Morgan fingerprint density at radius 1 is 1.05 bits per heavy atom. The van der Waals surface area contributed by atoms with Gasteiger partial charge in [0.15, 0.2) is 0 Å². The summed E-state index contributed by atoms with van der Waals surface area (Å²) in [5, 5.41) is 4.25. The SMILES string of the molecule is COCc1cccc(CNCc2ccc(C)cc2Cl)c1. The lowest BCUT2D eigenvalue weighted by atomic mass is 10.1. The van der Waals surface area contributed by atoms with Gasteiger partial charge in [-0.05, 0) is 35.2 Å². The van der Waals surface area contributed by atoms with Crippen LogP contribution < -0.4 is 5.32 Å². The molecule has 2 aromatic rings. The quantitative estimate of drug-likeness (QED) is 0.865. The highest BCUT2D eigenvalue weighted by Gasteiger charge is 2.01. The maximum Gasteiger partial charge on any atom is 0.0713 e. The van der Waals surface area contributed by atoms with Gasteiger partial charge in [-0.2, -0.15) is 0 Å². The maximum atomic E-state index is 6.22. The Bertz CT molecular complexity index is 569. The summed E-state index contributed by atoms with van der Waals surface area (Å²) in [6, 6.07) is 14.6. The molecule has 3 heteroatoms. The van der Waals surface area contributed by atoms with Crippen molar-refractivity contribution >= 4 is 11.6 Å². The standard InChI is InChI=1S/C17H20ClNO/c1-13-6-7-16(17(18)8-13)11-19-10-14-4-3-5-15(9-14)12-20-2/h3-9,19H,10-12H2,1-2H3. The topological polar surface area (TPSA) is 21.3 Å². The van der Waals surface area contributed by atoms with Gasteiger partial charge in [-0.15, -0.1) is 0 Å². The number of rotatable bonds is 6. The van der Waals surface area contributed by atoms with Crippen molar-refractivity contribution in [1.82, 2.24) is 5.32 Å². The van der Waals surface area contributed by atoms with Gasteiger partial charge in [0, 0.05) is 25.2 Å². The van der Waals surface area contributed by atoms with E-state index in [-0.39, 0.29) is 0 Å². The van der Waals surface area contributed by atoms with Crippen LogP contribution in [-0.4, -0.2) is 7.11 Å². The minimum Gasteiger partial charge on any atom is -0.380 e. The Balaban J connectivity index is 1.90. The molecule has 0 spiro atoms. The molecule has 0 atom stereocenters. The van der Waals surface area contributed by atoms with Crippen LogP contribution in [0.3, 0.4) is 0 Å². The summed E-state index contributed by atoms with van der Waals surface area (Å²) in [6.07, 6.45) is 0. The van der Waals surface area contributed by atoms with Crippen molar-refractivity contribution in [1.29, 1.82) is 0 Å². The second-order valence-electron chi connectivity index (χ2n) is 4.95. The number of methoxy groups -OCH3 is 1. The minimum absolute atomic E-state index is 0.650. The number of nitrogens with one attached hydrogen (secondary N) is 1. The zero-order chi connectivity index (χ0) is 14.4. The molecule has 2 aromatic carbocycles. The molecule has 0 aliphatic heterocycles. The smallest absolute Gasteiger partial charge is 0.0713 e. The molecule has 0 bridgehead atoms. The first-order chi connectivity index (χ1) is 9.69. The number of hydrogen-bond donors (Lipinski definition) is 1. The van der Waals surface area contributed by atoms with E-state index >= 15 is 0 Å². The third kappa shape index (κ3) is 4.34. The monoisotopic (exact) mass is 289 g/mol. The van der Waals surface area contributed by atoms with Gasteiger partial charge in [-0.25, -0.2) is 0 Å². The van der Waals surface area contributed by atoms with Gasteiger partial charge in [0.25, 0.3) is 0 Å². The fourth-order valence-corrected chi connectivity index (χ4v) is 2.44. The van der Waals surface area contributed by atoms with Gasteiger partial charge >= 0.3 is 0 Å². The largest absolute Gasteiger partial charge is 0.380 e. The first-order valence-electron chi connectivity index (χ1n) is 6.71. The van der Waals surface area contributed by atoms with Crippen LogP contribution in [0.5, 0.6) is 0 Å². The van der Waals surface area contributed by atoms with Crippen LogP contribution in [0.25, 0.3) is 0 Å². The van der Waals surface area contributed by atoms with Crippen LogP contribution in [-0.2, 0) is 24.4 Å². The highest BCUT2D eigenvalue weighted by molar-refractivity contribution is 6.31. The third-order valence-corrected chi connectivity index (χ3v) is 3.51. The van der Waals surface area contributed by atoms with E-state index in [0.29, 0.717) is 6.61 Å². The summed E-state index contributed by atoms with van der Waals surface area (Å²) in [5.41, 5.74) is 4.76. The Morgan fingerprint density at radius 2 is 1.85 bits per heavy atom. The predicted molar refractivity (Wildman–Crippen MR) is 83.9 cm³/mol. The number of ether oxygens (including phenoxy) is 1. The highest BCUT2D eigenvalue weighted by atomic mass is 35.5. The molecule has 0 amide bonds. The van der Waals surface area contributed by atoms with E-state index in [2.05, 4.69) is 41.7 Å². The van der Waals surface area contributed by atoms with Crippen LogP contribution in [0.1, 0.15) is 22.3 Å². The van der Waals surface area contributed by atoms with Crippen LogP contribution in [0.2, 0.25) is 5.02 Å². The van der Waals surface area contributed by atoms with E-state index < -0.39 is 0 Å². The lowest BCUT2D eigenvalue weighted by Crippen LogP contribution is -2.13. The average Bonchev–Trinajstić information content (AvgIpc) is 2.42. The van der Waals surface area contributed by atoms with Crippen molar-refractivity contribution in [2.75, 3.05) is 7.11 Å². The molecule has 0 radical (unpaired) electrons. The molecule has 0 saturated carbocycles. The van der Waals surface area contributed by atoms with Crippen molar-refractivity contribution in [2.45, 2.75) is 26.6 Å². The van der Waals surface area contributed by atoms with Crippen LogP contribution in [0, 0.1) is 6.92 Å². The summed E-state index contributed by atoms with van der Waals surface area (Å²) in [6.45, 7) is 4.29. The fourth-order valence-electron chi connectivity index (χ4n) is 2.13. The summed E-state index contributed by atoms with van der Waals surface area (Å²) in [5.74, 6) is 0. The molecule has 0 aliphatic rings. The second kappa shape index (κ2) is 7.44. The first kappa shape index (κ1) is 15.0. The zero-order valence-electron chi connectivity index (χ0n) is 11.9. The Kier molecular flexibility index (Phi) is 5.60. The molecule has 2 nitrogen and oxygen atoms in total. The van der Waals surface area contributed by atoms with Crippen molar-refractivity contribution in [3.8, 4) is 0 Å². The number of aryl methyl sites for hydroxylation is 1. The highest BCUT2D eigenvalue weighted by Crippen LogP contribution is 2.17. The molecule has 20 heavy (non-hydrogen) atoms. The number of halogens is 1. The normalized spacial score (nSPS) is 10.8. The lowest BCUT2D eigenvalue weighted by molar-refractivity contribution is 0.185. The van der Waals surface area contributed by atoms with Crippen LogP contribution in [0.15, 0.2) is 42.5 Å². The van der Waals surface area contributed by atoms with Crippen molar-refractivity contribution in [2.24, 2.45) is 0 Å². The molecule has 2 rings (SSSR count). The molecular formula is C17H20ClNO. The molecule has 0 aliphatic carbocycles. The van der Waals surface area contributed by atoms with Crippen LogP contribution >= 0.6 is 11.6 Å². The van der Waals surface area contributed by atoms with E-state index in [4.69, 9.17) is 16.3 Å². The molecule has 0 saturated heterocycles. The summed E-state index contributed by atoms with van der Waals surface area (Å²) < 4.78 is 5.15. The van der Waals surface area contributed by atoms with Crippen molar-refractivity contribution < 1.29 is 4.74 Å². The maximum absolute atomic E-state index is 6.22. The van der Waals surface area contributed by atoms with Crippen LogP contribution in [0.4, 0.5) is 0 Å². The van der Waals surface area contributed by atoms with E-state index in [1.165, 1.54) is 16.7 Å². The molecule has 0 aromatic heterocycles. The Labute approximate surface area is 125 Å². The molecule has 0 unspecified atom stereocenters. The third-order valence-electron chi connectivity index (χ3n) is 3.16. The van der Waals surface area contributed by atoms with Crippen molar-refractivity contribution in [3.63, 3.8) is 0 Å². The number of hydrogen-bond acceptors (Lipinski definition) is 2. The number of benzene rings is 2. The summed E-state index contributed by atoms with van der Waals surface area (Å²) in [4.78, 5) is 0. The fraction of sp³-hybridized carbons (Fsp3) is 0.294. The van der Waals surface area contributed by atoms with Gasteiger partial charge < -0.3 is 10.1 Å². The van der Waals surface area contributed by atoms with Gasteiger partial charge in [0.2, 0.25) is 0 Å². The Morgan fingerprint density at radius 3 is 2.60 bits per heavy atom. The lowest BCUT2D eigenvalue weighted by Gasteiger charge is -2.09. The first-order valence-corrected chi connectivity index (χ1v) is 7.09. The summed E-state index contributed by atoms with van der Waals surface area (Å²) in [7, 11) is 1.71. The molecule has 0 heterocycles. The summed E-state index contributed by atoms with van der Waals surface area (Å²) >= 11 is 6.22. The van der Waals surface area contributed by atoms with Gasteiger partial charge in [0.1, 0.15) is 0 Å². The second-order valence-corrected chi connectivity index (χ2v) is 5.36. The van der Waals surface area contributed by atoms with Gasteiger partial charge in [-0.3, -0.25) is 0 Å². The van der Waals surface area contributed by atoms with E-state index in [9.17, 15) is 0 Å². The van der Waals surface area contributed by atoms with Gasteiger partial charge in [0.05, 0.1) is 6.61 Å². The zero-order valence-corrected chi connectivity index (χ0v) is 12.7. The van der Waals surface area contributed by atoms with E-state index in [1.807, 2.05) is 13.0 Å².